The summed E-state index contributed by atoms with van der Waals surface area (Å²) in [6, 6.07) is 10.7. The molecule has 0 aliphatic carbocycles. The van der Waals surface area contributed by atoms with Gasteiger partial charge in [0.1, 0.15) is 5.76 Å². The molecule has 2 heterocycles. The van der Waals surface area contributed by atoms with Crippen LogP contribution in [0.5, 0.6) is 0 Å². The number of nitrogens with zero attached hydrogens (tertiary/aromatic N) is 1. The van der Waals surface area contributed by atoms with Crippen LogP contribution in [0.15, 0.2) is 46.2 Å². The van der Waals surface area contributed by atoms with Crippen LogP contribution >= 0.6 is 11.3 Å². The van der Waals surface area contributed by atoms with Crippen LogP contribution in [-0.2, 0) is 11.2 Å². The first-order chi connectivity index (χ1) is 11.5. The number of para-hydroxylation sites is 1. The number of thiazole rings is 1. The van der Waals surface area contributed by atoms with Crippen molar-refractivity contribution < 1.29 is 14.0 Å². The molecule has 0 atom stereocenters. The molecule has 2 aromatic heterocycles. The lowest BCUT2D eigenvalue weighted by atomic mass is 10.1. The SMILES string of the molecule is CC(=O)c1ccccc1NC(=O)Cc1csc(-c2ccc(C)o2)n1. The van der Waals surface area contributed by atoms with Gasteiger partial charge in [0, 0.05) is 10.9 Å². The summed E-state index contributed by atoms with van der Waals surface area (Å²) in [6.07, 6.45) is 0.141. The first-order valence-electron chi connectivity index (χ1n) is 7.44. The second-order valence-electron chi connectivity index (χ2n) is 5.38. The van der Waals surface area contributed by atoms with E-state index in [-0.39, 0.29) is 18.1 Å². The summed E-state index contributed by atoms with van der Waals surface area (Å²) >= 11 is 1.43. The van der Waals surface area contributed by atoms with Gasteiger partial charge in [0.25, 0.3) is 0 Å². The van der Waals surface area contributed by atoms with Gasteiger partial charge in [-0.2, -0.15) is 0 Å². The molecule has 1 aromatic carbocycles. The molecule has 0 radical (unpaired) electrons. The van der Waals surface area contributed by atoms with Gasteiger partial charge in [-0.15, -0.1) is 11.3 Å². The molecule has 0 bridgehead atoms. The summed E-state index contributed by atoms with van der Waals surface area (Å²) in [4.78, 5) is 28.3. The number of carbonyl (C=O) groups excluding carboxylic acids is 2. The predicted octanol–water partition coefficient (Wildman–Crippen LogP) is 4.10. The Morgan fingerprint density at radius 2 is 2.00 bits per heavy atom. The Labute approximate surface area is 143 Å². The summed E-state index contributed by atoms with van der Waals surface area (Å²) in [5.41, 5.74) is 1.69. The first kappa shape index (κ1) is 16.1. The van der Waals surface area contributed by atoms with E-state index < -0.39 is 0 Å². The quantitative estimate of drug-likeness (QED) is 0.710. The van der Waals surface area contributed by atoms with E-state index in [9.17, 15) is 9.59 Å². The summed E-state index contributed by atoms with van der Waals surface area (Å²) in [7, 11) is 0. The number of amides is 1. The molecule has 0 spiro atoms. The zero-order valence-electron chi connectivity index (χ0n) is 13.3. The topological polar surface area (TPSA) is 72.2 Å². The molecule has 0 fully saturated rings. The van der Waals surface area contributed by atoms with Crippen molar-refractivity contribution in [1.82, 2.24) is 4.98 Å². The van der Waals surface area contributed by atoms with Crippen molar-refractivity contribution in [3.8, 4) is 10.8 Å². The van der Waals surface area contributed by atoms with Crippen molar-refractivity contribution in [2.24, 2.45) is 0 Å². The molecular weight excluding hydrogens is 324 g/mol. The number of rotatable bonds is 5. The van der Waals surface area contributed by atoms with Crippen molar-refractivity contribution in [3.63, 3.8) is 0 Å². The Kier molecular flexibility index (Phi) is 4.57. The van der Waals surface area contributed by atoms with Gasteiger partial charge in [-0.25, -0.2) is 4.98 Å². The smallest absolute Gasteiger partial charge is 0.230 e. The lowest BCUT2D eigenvalue weighted by Gasteiger charge is -2.08. The highest BCUT2D eigenvalue weighted by molar-refractivity contribution is 7.13. The Morgan fingerprint density at radius 3 is 2.71 bits per heavy atom. The molecule has 3 aromatic rings. The second-order valence-corrected chi connectivity index (χ2v) is 6.24. The molecule has 1 N–H and O–H groups in total. The van der Waals surface area contributed by atoms with Gasteiger partial charge >= 0.3 is 0 Å². The lowest BCUT2D eigenvalue weighted by molar-refractivity contribution is -0.115. The fourth-order valence-corrected chi connectivity index (χ4v) is 3.09. The minimum Gasteiger partial charge on any atom is -0.459 e. The molecule has 24 heavy (non-hydrogen) atoms. The maximum absolute atomic E-state index is 12.2. The van der Waals surface area contributed by atoms with Gasteiger partial charge in [-0.05, 0) is 38.1 Å². The van der Waals surface area contributed by atoms with Crippen molar-refractivity contribution in [1.29, 1.82) is 0 Å². The minimum absolute atomic E-state index is 0.0879. The number of anilines is 1. The van der Waals surface area contributed by atoms with Crippen LogP contribution < -0.4 is 5.32 Å². The van der Waals surface area contributed by atoms with Gasteiger partial charge in [0.05, 0.1) is 17.8 Å². The predicted molar refractivity (Wildman–Crippen MR) is 93.3 cm³/mol. The number of hydrogen-bond donors (Lipinski definition) is 1. The number of ketones is 1. The molecule has 0 aliphatic heterocycles. The number of Topliss-reactive ketones (excluding diaryl/α,β-unsaturated/α-hetero) is 1. The summed E-state index contributed by atoms with van der Waals surface area (Å²) in [6.45, 7) is 3.35. The third-order valence-electron chi connectivity index (χ3n) is 3.43. The normalized spacial score (nSPS) is 10.6. The van der Waals surface area contributed by atoms with Gasteiger partial charge < -0.3 is 9.73 Å². The monoisotopic (exact) mass is 340 g/mol. The molecule has 5 nitrogen and oxygen atoms in total. The minimum atomic E-state index is -0.212. The van der Waals surface area contributed by atoms with Gasteiger partial charge in [0.15, 0.2) is 16.6 Å². The van der Waals surface area contributed by atoms with Crippen LogP contribution in [0.1, 0.15) is 28.7 Å². The Bertz CT molecular complexity index is 895. The number of nitrogens with one attached hydrogen (secondary N) is 1. The van der Waals surface area contributed by atoms with Crippen LogP contribution in [0, 0.1) is 6.92 Å². The van der Waals surface area contributed by atoms with Gasteiger partial charge in [-0.1, -0.05) is 12.1 Å². The molecule has 6 heteroatoms. The Balaban J connectivity index is 1.70. The Hall–Kier alpha value is -2.73. The van der Waals surface area contributed by atoms with E-state index >= 15 is 0 Å². The maximum atomic E-state index is 12.2. The average molecular weight is 340 g/mol. The van der Waals surface area contributed by atoms with Crippen molar-refractivity contribution in [3.05, 3.63) is 58.8 Å². The lowest BCUT2D eigenvalue weighted by Crippen LogP contribution is -2.16. The number of benzene rings is 1. The van der Waals surface area contributed by atoms with Crippen LogP contribution in [-0.4, -0.2) is 16.7 Å². The zero-order chi connectivity index (χ0) is 17.1. The highest BCUT2D eigenvalue weighted by Crippen LogP contribution is 2.26. The highest BCUT2D eigenvalue weighted by atomic mass is 32.1. The summed E-state index contributed by atoms with van der Waals surface area (Å²) in [5, 5.41) is 5.36. The van der Waals surface area contributed by atoms with E-state index in [1.54, 1.807) is 24.3 Å². The molecule has 3 rings (SSSR count). The number of hydrogen-bond acceptors (Lipinski definition) is 5. The Morgan fingerprint density at radius 1 is 1.21 bits per heavy atom. The van der Waals surface area contributed by atoms with E-state index in [1.807, 2.05) is 24.4 Å². The van der Waals surface area contributed by atoms with Crippen LogP contribution in [0.2, 0.25) is 0 Å². The zero-order valence-corrected chi connectivity index (χ0v) is 14.1. The molecule has 0 unspecified atom stereocenters. The van der Waals surface area contributed by atoms with Gasteiger partial charge in [-0.3, -0.25) is 9.59 Å². The standard InChI is InChI=1S/C18H16N2O3S/c1-11-7-8-16(23-11)18-19-13(10-24-18)9-17(22)20-15-6-4-3-5-14(15)12(2)21/h3-8,10H,9H2,1-2H3,(H,20,22). The number of carbonyl (C=O) groups is 2. The van der Waals surface area contributed by atoms with Crippen LogP contribution in [0.4, 0.5) is 5.69 Å². The largest absolute Gasteiger partial charge is 0.459 e. The fourth-order valence-electron chi connectivity index (χ4n) is 2.31. The van der Waals surface area contributed by atoms with Crippen molar-refractivity contribution >= 4 is 28.7 Å². The van der Waals surface area contributed by atoms with Crippen molar-refractivity contribution in [2.45, 2.75) is 20.3 Å². The van der Waals surface area contributed by atoms with E-state index in [2.05, 4.69) is 10.3 Å². The molecule has 0 saturated carbocycles. The third-order valence-corrected chi connectivity index (χ3v) is 4.33. The molecule has 0 aliphatic rings. The first-order valence-corrected chi connectivity index (χ1v) is 8.32. The van der Waals surface area contributed by atoms with E-state index in [0.29, 0.717) is 22.7 Å². The summed E-state index contributed by atoms with van der Waals surface area (Å²) in [5.74, 6) is 1.22. The molecular formula is C18H16N2O3S. The van der Waals surface area contributed by atoms with Crippen molar-refractivity contribution in [2.75, 3.05) is 5.32 Å². The third kappa shape index (κ3) is 3.60. The van der Waals surface area contributed by atoms with E-state index in [4.69, 9.17) is 4.42 Å². The maximum Gasteiger partial charge on any atom is 0.230 e. The molecule has 0 saturated heterocycles. The molecule has 1 amide bonds. The number of aromatic nitrogens is 1. The second kappa shape index (κ2) is 6.80. The van der Waals surface area contributed by atoms with E-state index in [1.165, 1.54) is 18.3 Å². The molecule has 122 valence electrons. The summed E-state index contributed by atoms with van der Waals surface area (Å²) < 4.78 is 5.54. The highest BCUT2D eigenvalue weighted by Gasteiger charge is 2.13. The number of aryl methyl sites for hydroxylation is 1. The average Bonchev–Trinajstić information content (AvgIpc) is 3.16. The van der Waals surface area contributed by atoms with Crippen LogP contribution in [0.3, 0.4) is 0 Å². The van der Waals surface area contributed by atoms with E-state index in [0.717, 1.165) is 10.8 Å². The van der Waals surface area contributed by atoms with Gasteiger partial charge in [0.2, 0.25) is 5.91 Å². The van der Waals surface area contributed by atoms with Crippen LogP contribution in [0.25, 0.3) is 10.8 Å². The fraction of sp³-hybridized carbons (Fsp3) is 0.167. The number of furan rings is 1.